The summed E-state index contributed by atoms with van der Waals surface area (Å²) in [5, 5.41) is 0.341. The molecule has 3 unspecified atom stereocenters. The van der Waals surface area contributed by atoms with Crippen molar-refractivity contribution in [3.8, 4) is 0 Å². The smallest absolute Gasteiger partial charge is 0.215 e. The van der Waals surface area contributed by atoms with Crippen LogP contribution in [-0.4, -0.2) is 66.5 Å². The molecule has 1 fully saturated rings. The van der Waals surface area contributed by atoms with Crippen LogP contribution in [0.1, 0.15) is 33.1 Å². The van der Waals surface area contributed by atoms with Crippen LogP contribution in [0.2, 0.25) is 0 Å². The van der Waals surface area contributed by atoms with Gasteiger partial charge >= 0.3 is 0 Å². The third-order valence-electron chi connectivity index (χ3n) is 6.23. The van der Waals surface area contributed by atoms with Gasteiger partial charge in [0.15, 0.2) is 0 Å². The van der Waals surface area contributed by atoms with E-state index < -0.39 is 11.2 Å². The molecule has 0 saturated carbocycles. The Labute approximate surface area is 179 Å². The summed E-state index contributed by atoms with van der Waals surface area (Å²) in [6, 6.07) is 0.446. The molecule has 29 heavy (non-hydrogen) atoms. The fourth-order valence-electron chi connectivity index (χ4n) is 3.87. The van der Waals surface area contributed by atoms with Crippen molar-refractivity contribution in [2.75, 3.05) is 46.2 Å². The third-order valence-corrected chi connectivity index (χ3v) is 7.03. The van der Waals surface area contributed by atoms with Crippen LogP contribution in [0.25, 0.3) is 0 Å². The minimum atomic E-state index is -1.17. The molecule has 3 atom stereocenters. The first kappa shape index (κ1) is 23.9. The van der Waals surface area contributed by atoms with E-state index in [0.717, 1.165) is 52.0 Å². The van der Waals surface area contributed by atoms with Crippen molar-refractivity contribution in [3.63, 3.8) is 0 Å². The van der Waals surface area contributed by atoms with E-state index in [1.54, 1.807) is 25.5 Å². The fraction of sp³-hybridized carbons (Fsp3) is 0.636. The van der Waals surface area contributed by atoms with E-state index in [0.29, 0.717) is 16.9 Å². The molecule has 0 radical (unpaired) electrons. The summed E-state index contributed by atoms with van der Waals surface area (Å²) in [5.74, 6) is 0.683. The normalized spacial score (nSPS) is 26.8. The lowest BCUT2D eigenvalue weighted by Crippen LogP contribution is -2.46. The van der Waals surface area contributed by atoms with Gasteiger partial charge in [0.1, 0.15) is 6.26 Å². The summed E-state index contributed by atoms with van der Waals surface area (Å²) in [5.41, 5.74) is 13.5. The molecule has 1 saturated heterocycles. The van der Waals surface area contributed by atoms with Crippen molar-refractivity contribution >= 4 is 11.2 Å². The van der Waals surface area contributed by atoms with Crippen LogP contribution in [0.15, 0.2) is 46.8 Å². The van der Waals surface area contributed by atoms with E-state index in [9.17, 15) is 4.55 Å². The summed E-state index contributed by atoms with van der Waals surface area (Å²) in [6.45, 7) is 9.30. The second kappa shape index (κ2) is 11.1. The molecular weight excluding hydrogens is 384 g/mol. The van der Waals surface area contributed by atoms with Crippen molar-refractivity contribution in [2.45, 2.75) is 39.2 Å². The first-order valence-corrected chi connectivity index (χ1v) is 11.9. The lowest BCUT2D eigenvalue weighted by molar-refractivity contribution is 0.124. The Kier molecular flexibility index (Phi) is 9.14. The molecule has 0 aromatic heterocycles. The van der Waals surface area contributed by atoms with Gasteiger partial charge in [0.05, 0.1) is 12.4 Å². The van der Waals surface area contributed by atoms with E-state index in [1.807, 2.05) is 0 Å². The van der Waals surface area contributed by atoms with Gasteiger partial charge in [-0.2, -0.15) is 0 Å². The van der Waals surface area contributed by atoms with Crippen LogP contribution in [0.3, 0.4) is 0 Å². The van der Waals surface area contributed by atoms with Gasteiger partial charge in [-0.05, 0) is 49.0 Å². The topological polar surface area (TPSA) is 90.8 Å². The maximum absolute atomic E-state index is 11.4. The zero-order chi connectivity index (χ0) is 21.4. The summed E-state index contributed by atoms with van der Waals surface area (Å²) < 4.78 is 16.6. The fourth-order valence-corrected chi connectivity index (χ4v) is 4.13. The monoisotopic (exact) mass is 422 g/mol. The van der Waals surface area contributed by atoms with Gasteiger partial charge in [0.25, 0.3) is 0 Å². The first-order valence-electron chi connectivity index (χ1n) is 10.4. The maximum atomic E-state index is 11.4. The number of allylic oxidation sites excluding steroid dienone is 4. The number of nitrogens with zero attached hydrogens (tertiary/aromatic N) is 2. The zero-order valence-electron chi connectivity index (χ0n) is 18.4. The van der Waals surface area contributed by atoms with Gasteiger partial charge < -0.3 is 25.7 Å². The Morgan fingerprint density at radius 2 is 2.07 bits per heavy atom. The molecule has 164 valence electrons. The Morgan fingerprint density at radius 3 is 2.69 bits per heavy atom. The summed E-state index contributed by atoms with van der Waals surface area (Å²) in [4.78, 5) is 4.77. The minimum absolute atomic E-state index is 0.134. The average molecular weight is 423 g/mol. The SMILES string of the molecule is COCCC1=CCC(C)(C(C)N2CCCN(/C(N)=C/C=C(\N)[S+](C)[O-])CC2)C=C1. The molecule has 0 aromatic rings. The van der Waals surface area contributed by atoms with Crippen molar-refractivity contribution in [2.24, 2.45) is 16.9 Å². The van der Waals surface area contributed by atoms with Gasteiger partial charge in [0.2, 0.25) is 5.03 Å². The van der Waals surface area contributed by atoms with Crippen molar-refractivity contribution < 1.29 is 9.29 Å². The molecule has 4 N–H and O–H groups in total. The van der Waals surface area contributed by atoms with E-state index in [1.165, 1.54) is 5.57 Å². The van der Waals surface area contributed by atoms with Gasteiger partial charge in [0, 0.05) is 50.8 Å². The second-order valence-corrected chi connectivity index (χ2v) is 9.61. The number of hydrogen-bond acceptors (Lipinski definition) is 6. The van der Waals surface area contributed by atoms with E-state index >= 15 is 0 Å². The first-order chi connectivity index (χ1) is 13.8. The molecule has 1 aliphatic heterocycles. The predicted molar refractivity (Wildman–Crippen MR) is 122 cm³/mol. The Bertz CT molecular complexity index is 659. The van der Waals surface area contributed by atoms with Gasteiger partial charge in [-0.25, -0.2) is 0 Å². The van der Waals surface area contributed by atoms with Crippen molar-refractivity contribution in [1.82, 2.24) is 9.80 Å². The highest BCUT2D eigenvalue weighted by molar-refractivity contribution is 7.94. The number of nitrogens with two attached hydrogens (primary N) is 2. The highest BCUT2D eigenvalue weighted by atomic mass is 32.2. The third kappa shape index (κ3) is 6.81. The van der Waals surface area contributed by atoms with Crippen molar-refractivity contribution in [3.05, 3.63) is 46.8 Å². The standard InChI is InChI=1S/C22H38N4O2S/c1-18(22(2)11-8-19(9-12-22)10-17-28-3)25-13-5-14-26(16-15-25)20(23)6-7-21(24)29(4)27/h6-9,11,18H,5,10,12-17,23-24H2,1-4H3/b20-6+,21-7+. The molecule has 6 nitrogen and oxygen atoms in total. The molecule has 0 aromatic carbocycles. The molecule has 2 rings (SSSR count). The van der Waals surface area contributed by atoms with E-state index in [4.69, 9.17) is 16.2 Å². The zero-order valence-corrected chi connectivity index (χ0v) is 19.2. The summed E-state index contributed by atoms with van der Waals surface area (Å²) in [7, 11) is 1.75. The maximum Gasteiger partial charge on any atom is 0.215 e. The van der Waals surface area contributed by atoms with Crippen LogP contribution < -0.4 is 11.5 Å². The molecule has 0 spiro atoms. The van der Waals surface area contributed by atoms with Crippen LogP contribution >= 0.6 is 0 Å². The largest absolute Gasteiger partial charge is 0.610 e. The lowest BCUT2D eigenvalue weighted by atomic mass is 9.75. The molecule has 2 aliphatic rings. The van der Waals surface area contributed by atoms with Gasteiger partial charge in [-0.1, -0.05) is 25.2 Å². The molecule has 1 heterocycles. The average Bonchev–Trinajstić information content (AvgIpc) is 2.97. The number of hydrogen-bond donors (Lipinski definition) is 2. The highest BCUT2D eigenvalue weighted by Crippen LogP contribution is 2.36. The summed E-state index contributed by atoms with van der Waals surface area (Å²) in [6.07, 6.45) is 15.1. The van der Waals surface area contributed by atoms with Gasteiger partial charge in [-0.3, -0.25) is 4.90 Å². The second-order valence-electron chi connectivity index (χ2n) is 8.23. The Hall–Kier alpha value is -1.41. The highest BCUT2D eigenvalue weighted by Gasteiger charge is 2.34. The minimum Gasteiger partial charge on any atom is -0.610 e. The number of methoxy groups -OCH3 is 1. The van der Waals surface area contributed by atoms with Crippen LogP contribution in [0, 0.1) is 5.41 Å². The van der Waals surface area contributed by atoms with Crippen LogP contribution in [0.5, 0.6) is 0 Å². The Balaban J connectivity index is 1.95. The number of rotatable bonds is 8. The van der Waals surface area contributed by atoms with Crippen LogP contribution in [0.4, 0.5) is 0 Å². The van der Waals surface area contributed by atoms with Crippen LogP contribution in [-0.2, 0) is 15.9 Å². The summed E-state index contributed by atoms with van der Waals surface area (Å²) >= 11 is -1.17. The predicted octanol–water partition coefficient (Wildman–Crippen LogP) is 2.29. The van der Waals surface area contributed by atoms with E-state index in [2.05, 4.69) is 41.9 Å². The molecule has 7 heteroatoms. The Morgan fingerprint density at radius 1 is 1.31 bits per heavy atom. The lowest BCUT2D eigenvalue weighted by Gasteiger charge is -2.41. The molecular formula is C22H38N4O2S. The van der Waals surface area contributed by atoms with Gasteiger partial charge in [-0.15, -0.1) is 0 Å². The number of ether oxygens (including phenoxy) is 1. The molecule has 1 aliphatic carbocycles. The van der Waals surface area contributed by atoms with E-state index in [-0.39, 0.29) is 5.41 Å². The molecule has 0 amide bonds. The quantitative estimate of drug-likeness (QED) is 0.461. The molecule has 0 bridgehead atoms. The van der Waals surface area contributed by atoms with Crippen molar-refractivity contribution in [1.29, 1.82) is 0 Å².